The van der Waals surface area contributed by atoms with Gasteiger partial charge >= 0.3 is 0 Å². The lowest BCUT2D eigenvalue weighted by Gasteiger charge is -2.37. The summed E-state index contributed by atoms with van der Waals surface area (Å²) in [6.07, 6.45) is 14.0. The molecule has 1 saturated heterocycles. The topological polar surface area (TPSA) is 180 Å². The van der Waals surface area contributed by atoms with Crippen LogP contribution in [0.2, 0.25) is 0 Å². The van der Waals surface area contributed by atoms with Crippen LogP contribution < -0.4 is 16.0 Å². The summed E-state index contributed by atoms with van der Waals surface area (Å²) in [4.78, 5) is 95.6. The van der Waals surface area contributed by atoms with Gasteiger partial charge < -0.3 is 20.9 Å². The van der Waals surface area contributed by atoms with Crippen molar-refractivity contribution in [2.45, 2.75) is 142 Å². The molecule has 51 heavy (non-hydrogen) atoms. The molecule has 3 N–H and O–H groups in total. The number of carbonyl (C=O) groups excluding carboxylic acids is 6. The number of hydrogen-bond donors (Lipinski definition) is 3. The van der Waals surface area contributed by atoms with Crippen molar-refractivity contribution in [2.24, 2.45) is 28.2 Å². The molecule has 1 aromatic rings. The fourth-order valence-electron chi connectivity index (χ4n) is 8.06. The third-order valence-corrected chi connectivity index (χ3v) is 10.9. The van der Waals surface area contributed by atoms with Crippen LogP contribution in [-0.4, -0.2) is 92.5 Å². The first-order valence-electron chi connectivity index (χ1n) is 18.9. The molecule has 6 atom stereocenters. The predicted octanol–water partition coefficient (Wildman–Crippen LogP) is 3.36. The quantitative estimate of drug-likeness (QED) is 0.247. The molecule has 0 aromatic carbocycles. The molecule has 4 amide bonds. The number of hydrogen-bond acceptors (Lipinski definition) is 9. The zero-order valence-electron chi connectivity index (χ0n) is 30.8. The number of likely N-dealkylation sites (tertiary alicyclic amines) is 1. The molecule has 2 heterocycles. The van der Waals surface area contributed by atoms with Gasteiger partial charge in [-0.1, -0.05) is 66.2 Å². The van der Waals surface area contributed by atoms with Gasteiger partial charge in [0.15, 0.2) is 5.78 Å². The standard InChI is InChI=1S/C38H55N7O6/c1-6-10-27(32(47)36(50)41-25-14-15-25)42-26-16-13-24-21-45(31(22(2)46)30(24)26)37(51)33(38(3,4)5)44-34(48)28(19-23-11-8-7-9-12-23)43-35(49)29-20-39-17-18-40-29/h17-18,20,23-25,27-28,30-31,33H,6-16,19,21H2,1-5H3,(H,41,50)(H,43,49)(H,44,48)/t24-,27-,28-,30+,31+,33?/m0/s1. The minimum Gasteiger partial charge on any atom is -0.347 e. The van der Waals surface area contributed by atoms with Crippen LogP contribution in [0.4, 0.5) is 0 Å². The number of nitrogens with one attached hydrogen (secondary N) is 3. The lowest BCUT2D eigenvalue weighted by atomic mass is 9.83. The number of rotatable bonds is 14. The summed E-state index contributed by atoms with van der Waals surface area (Å²) < 4.78 is 0. The van der Waals surface area contributed by atoms with Crippen LogP contribution in [0.25, 0.3) is 0 Å². The Morgan fingerprint density at radius 2 is 1.71 bits per heavy atom. The van der Waals surface area contributed by atoms with Crippen molar-refractivity contribution >= 4 is 40.9 Å². The smallest absolute Gasteiger partial charge is 0.289 e. The highest BCUT2D eigenvalue weighted by atomic mass is 16.2. The van der Waals surface area contributed by atoms with Crippen LogP contribution >= 0.6 is 0 Å². The van der Waals surface area contributed by atoms with E-state index in [4.69, 9.17) is 4.99 Å². The van der Waals surface area contributed by atoms with Crippen LogP contribution in [-0.2, 0) is 24.0 Å². The van der Waals surface area contributed by atoms with Crippen molar-refractivity contribution in [3.8, 4) is 0 Å². The molecule has 0 bridgehead atoms. The predicted molar refractivity (Wildman–Crippen MR) is 191 cm³/mol. The van der Waals surface area contributed by atoms with Crippen LogP contribution in [0.15, 0.2) is 23.6 Å². The van der Waals surface area contributed by atoms with E-state index in [1.54, 1.807) is 4.90 Å². The Morgan fingerprint density at radius 1 is 0.980 bits per heavy atom. The number of Topliss-reactive ketones (excluding diaryl/α,β-unsaturated/α-hetero) is 2. The Bertz CT molecular complexity index is 1500. The summed E-state index contributed by atoms with van der Waals surface area (Å²) in [5.41, 5.74) is 0.0666. The van der Waals surface area contributed by atoms with E-state index in [2.05, 4.69) is 25.9 Å². The molecule has 3 saturated carbocycles. The van der Waals surface area contributed by atoms with Crippen molar-refractivity contribution in [1.82, 2.24) is 30.8 Å². The van der Waals surface area contributed by atoms with E-state index in [9.17, 15) is 28.8 Å². The van der Waals surface area contributed by atoms with Gasteiger partial charge in [0.25, 0.3) is 11.8 Å². The molecular weight excluding hydrogens is 650 g/mol. The molecule has 5 rings (SSSR count). The first kappa shape index (κ1) is 38.2. The third-order valence-electron chi connectivity index (χ3n) is 10.9. The molecule has 3 aliphatic carbocycles. The van der Waals surface area contributed by atoms with Crippen molar-refractivity contribution in [3.05, 3.63) is 24.3 Å². The number of fused-ring (bicyclic) bond motifs is 1. The maximum Gasteiger partial charge on any atom is 0.289 e. The van der Waals surface area contributed by atoms with Crippen molar-refractivity contribution in [1.29, 1.82) is 0 Å². The van der Waals surface area contributed by atoms with E-state index in [-0.39, 0.29) is 41.2 Å². The number of amides is 4. The van der Waals surface area contributed by atoms with Crippen LogP contribution in [0.1, 0.15) is 122 Å². The van der Waals surface area contributed by atoms with E-state index >= 15 is 0 Å². The molecule has 1 aromatic heterocycles. The highest BCUT2D eigenvalue weighted by Gasteiger charge is 2.53. The Balaban J connectivity index is 1.36. The lowest BCUT2D eigenvalue weighted by Crippen LogP contribution is -2.60. The van der Waals surface area contributed by atoms with Gasteiger partial charge in [0, 0.05) is 36.6 Å². The van der Waals surface area contributed by atoms with Crippen molar-refractivity contribution < 1.29 is 28.8 Å². The average Bonchev–Trinajstić information content (AvgIpc) is 3.71. The largest absolute Gasteiger partial charge is 0.347 e. The first-order valence-corrected chi connectivity index (χ1v) is 18.9. The Hall–Kier alpha value is -4.03. The van der Waals surface area contributed by atoms with Gasteiger partial charge in [-0.3, -0.25) is 38.7 Å². The van der Waals surface area contributed by atoms with Gasteiger partial charge in [-0.05, 0) is 62.7 Å². The zero-order chi connectivity index (χ0) is 36.9. The van der Waals surface area contributed by atoms with Gasteiger partial charge in [-0.15, -0.1) is 0 Å². The number of aromatic nitrogens is 2. The van der Waals surface area contributed by atoms with Gasteiger partial charge in [-0.25, -0.2) is 4.98 Å². The molecule has 4 aliphatic rings. The molecule has 4 fully saturated rings. The lowest BCUT2D eigenvalue weighted by molar-refractivity contribution is -0.143. The summed E-state index contributed by atoms with van der Waals surface area (Å²) in [5, 5.41) is 8.64. The van der Waals surface area contributed by atoms with E-state index in [1.807, 2.05) is 27.7 Å². The number of nitrogens with zero attached hydrogens (tertiary/aromatic N) is 4. The molecule has 278 valence electrons. The van der Waals surface area contributed by atoms with Gasteiger partial charge in [0.05, 0.1) is 12.2 Å². The van der Waals surface area contributed by atoms with Gasteiger partial charge in [-0.2, -0.15) is 0 Å². The number of carbonyl (C=O) groups is 6. The van der Waals surface area contributed by atoms with E-state index < -0.39 is 53.1 Å². The normalized spacial score (nSPS) is 24.7. The second-order valence-electron chi connectivity index (χ2n) is 16.1. The Labute approximate surface area is 301 Å². The van der Waals surface area contributed by atoms with E-state index in [1.165, 1.54) is 25.5 Å². The number of ketones is 2. The molecule has 1 aliphatic heterocycles. The van der Waals surface area contributed by atoms with Gasteiger partial charge in [0.1, 0.15) is 23.8 Å². The number of aliphatic imine (C=N–C) groups is 1. The average molecular weight is 706 g/mol. The van der Waals surface area contributed by atoms with Crippen molar-refractivity contribution in [3.63, 3.8) is 0 Å². The van der Waals surface area contributed by atoms with Crippen molar-refractivity contribution in [2.75, 3.05) is 6.54 Å². The minimum absolute atomic E-state index is 0.0408. The summed E-state index contributed by atoms with van der Waals surface area (Å²) in [7, 11) is 0. The minimum atomic E-state index is -0.992. The van der Waals surface area contributed by atoms with E-state index in [0.717, 1.165) is 44.9 Å². The molecule has 1 unspecified atom stereocenters. The highest BCUT2D eigenvalue weighted by Crippen LogP contribution is 2.42. The van der Waals surface area contributed by atoms with Crippen LogP contribution in [0.3, 0.4) is 0 Å². The van der Waals surface area contributed by atoms with Crippen LogP contribution in [0, 0.1) is 23.2 Å². The maximum atomic E-state index is 14.6. The van der Waals surface area contributed by atoms with E-state index in [0.29, 0.717) is 44.4 Å². The highest BCUT2D eigenvalue weighted by molar-refractivity contribution is 6.38. The second-order valence-corrected chi connectivity index (χ2v) is 16.1. The zero-order valence-corrected chi connectivity index (χ0v) is 30.8. The Kier molecular flexibility index (Phi) is 12.4. The fourth-order valence-corrected chi connectivity index (χ4v) is 8.06. The summed E-state index contributed by atoms with van der Waals surface area (Å²) in [6.45, 7) is 9.32. The summed E-state index contributed by atoms with van der Waals surface area (Å²) in [5.74, 6) is -2.87. The molecule has 13 nitrogen and oxygen atoms in total. The third kappa shape index (κ3) is 9.45. The summed E-state index contributed by atoms with van der Waals surface area (Å²) >= 11 is 0. The second kappa shape index (κ2) is 16.5. The maximum absolute atomic E-state index is 14.6. The monoisotopic (exact) mass is 705 g/mol. The SMILES string of the molecule is CCC[C@H](N=C1CC[C@H]2CN(C(=O)C(NC(=O)[C@H](CC3CCCCC3)NC(=O)c3cnccn3)C(C)(C)C)[C@H](C(C)=O)[C@@H]12)C(=O)C(=O)NC1CC1. The fraction of sp³-hybridized carbons (Fsp3) is 0.711. The van der Waals surface area contributed by atoms with Crippen LogP contribution in [0.5, 0.6) is 0 Å². The molecule has 13 heteroatoms. The molecule has 0 spiro atoms. The summed E-state index contributed by atoms with van der Waals surface area (Å²) in [6, 6.07) is -3.48. The first-order chi connectivity index (χ1) is 24.3. The molecular formula is C38H55N7O6. The Morgan fingerprint density at radius 3 is 2.31 bits per heavy atom. The van der Waals surface area contributed by atoms with Gasteiger partial charge in [0.2, 0.25) is 17.6 Å². The molecule has 0 radical (unpaired) electrons.